The molecule has 0 spiro atoms. The number of hydrogen-bond acceptors (Lipinski definition) is 1. The molecule has 1 saturated heterocycles. The monoisotopic (exact) mass is 179 g/mol. The molecule has 1 aliphatic heterocycles. The molecule has 1 heteroatoms. The van der Waals surface area contributed by atoms with Crippen molar-refractivity contribution in [1.82, 2.24) is 4.90 Å². The molecule has 1 heterocycles. The number of hydrogen-bond donors (Lipinski definition) is 0. The molecule has 1 nitrogen and oxygen atoms in total. The van der Waals surface area contributed by atoms with Gasteiger partial charge in [-0.15, -0.1) is 0 Å². The third-order valence-electron chi connectivity index (χ3n) is 3.72. The van der Waals surface area contributed by atoms with Crippen molar-refractivity contribution in [1.29, 1.82) is 0 Å². The third-order valence-corrected chi connectivity index (χ3v) is 3.72. The Kier molecular flexibility index (Phi) is 2.35. The summed E-state index contributed by atoms with van der Waals surface area (Å²) in [7, 11) is 0. The summed E-state index contributed by atoms with van der Waals surface area (Å²) in [4.78, 5) is 2.59. The van der Waals surface area contributed by atoms with E-state index in [0.29, 0.717) is 0 Å². The minimum Gasteiger partial charge on any atom is -0.372 e. The summed E-state index contributed by atoms with van der Waals surface area (Å²) in [5.41, 5.74) is 1.44. The Labute approximate surface area is 81.8 Å². The molecule has 2 fully saturated rings. The highest BCUT2D eigenvalue weighted by atomic mass is 15.2. The number of allylic oxidation sites excluding steroid dienone is 1. The Hall–Kier alpha value is -0.460. The van der Waals surface area contributed by atoms with E-state index in [-0.39, 0.29) is 0 Å². The Balaban J connectivity index is 2.01. The maximum absolute atomic E-state index is 4.26. The van der Waals surface area contributed by atoms with Crippen LogP contribution in [0.15, 0.2) is 12.3 Å². The van der Waals surface area contributed by atoms with E-state index in [0.717, 1.165) is 17.9 Å². The number of likely N-dealkylation sites (tertiary alicyclic amines) is 1. The molecule has 0 amide bonds. The molecular weight excluding hydrogens is 158 g/mol. The van der Waals surface area contributed by atoms with E-state index in [1.54, 1.807) is 0 Å². The molecule has 0 aromatic rings. The van der Waals surface area contributed by atoms with Crippen molar-refractivity contribution < 1.29 is 0 Å². The second kappa shape index (κ2) is 3.36. The van der Waals surface area contributed by atoms with Crippen LogP contribution in [-0.4, -0.2) is 17.5 Å². The minimum absolute atomic E-state index is 0.785. The molecule has 2 atom stereocenters. The van der Waals surface area contributed by atoms with Gasteiger partial charge in [0.25, 0.3) is 0 Å². The fourth-order valence-electron chi connectivity index (χ4n) is 2.64. The van der Waals surface area contributed by atoms with Crippen LogP contribution in [0.3, 0.4) is 0 Å². The predicted octanol–water partition coefficient (Wildman–Crippen LogP) is 3.03. The van der Waals surface area contributed by atoms with E-state index in [1.165, 1.54) is 37.9 Å². The number of nitrogens with zero attached hydrogens (tertiary/aromatic N) is 1. The van der Waals surface area contributed by atoms with Crippen molar-refractivity contribution >= 4 is 0 Å². The van der Waals surface area contributed by atoms with Crippen LogP contribution in [0.25, 0.3) is 0 Å². The fraction of sp³-hybridized carbons (Fsp3) is 0.833. The second-order valence-corrected chi connectivity index (χ2v) is 4.70. The van der Waals surface area contributed by atoms with Gasteiger partial charge in [0.1, 0.15) is 0 Å². The first-order valence-electron chi connectivity index (χ1n) is 5.69. The largest absolute Gasteiger partial charge is 0.372 e. The van der Waals surface area contributed by atoms with Gasteiger partial charge < -0.3 is 4.90 Å². The van der Waals surface area contributed by atoms with Crippen molar-refractivity contribution in [2.45, 2.75) is 45.6 Å². The van der Waals surface area contributed by atoms with E-state index >= 15 is 0 Å². The van der Waals surface area contributed by atoms with Gasteiger partial charge in [0, 0.05) is 18.3 Å². The molecule has 0 N–H and O–H groups in total. The summed E-state index contributed by atoms with van der Waals surface area (Å²) in [5.74, 6) is 1.72. The topological polar surface area (TPSA) is 3.24 Å². The molecule has 0 aromatic heterocycles. The van der Waals surface area contributed by atoms with Crippen LogP contribution in [-0.2, 0) is 0 Å². The smallest absolute Gasteiger partial charge is 0.0310 e. The van der Waals surface area contributed by atoms with Crippen LogP contribution in [0.4, 0.5) is 0 Å². The van der Waals surface area contributed by atoms with E-state index < -0.39 is 0 Å². The number of rotatable bonds is 3. The van der Waals surface area contributed by atoms with Crippen LogP contribution in [0.1, 0.15) is 39.5 Å². The first-order valence-corrected chi connectivity index (χ1v) is 5.69. The zero-order valence-corrected chi connectivity index (χ0v) is 8.92. The molecule has 2 unspecified atom stereocenters. The summed E-state index contributed by atoms with van der Waals surface area (Å²) >= 11 is 0. The standard InChI is InChI=1S/C12H21N/c1-4-12-9(2)7-8-13(12)10(3)11-5-6-11/h9,11-12H,3-8H2,1-2H3. The fourth-order valence-corrected chi connectivity index (χ4v) is 2.64. The molecule has 1 saturated carbocycles. The zero-order chi connectivity index (χ0) is 9.42. The Morgan fingerprint density at radius 3 is 2.62 bits per heavy atom. The first-order chi connectivity index (χ1) is 6.24. The predicted molar refractivity (Wildman–Crippen MR) is 56.4 cm³/mol. The second-order valence-electron chi connectivity index (χ2n) is 4.70. The van der Waals surface area contributed by atoms with Gasteiger partial charge in [0.05, 0.1) is 0 Å². The highest BCUT2D eigenvalue weighted by molar-refractivity contribution is 5.10. The SMILES string of the molecule is C=C(C1CC1)N1CCC(C)C1CC. The van der Waals surface area contributed by atoms with E-state index in [2.05, 4.69) is 25.3 Å². The van der Waals surface area contributed by atoms with E-state index in [1.807, 2.05) is 0 Å². The van der Waals surface area contributed by atoms with Crippen LogP contribution in [0, 0.1) is 11.8 Å². The van der Waals surface area contributed by atoms with Crippen LogP contribution in [0.2, 0.25) is 0 Å². The van der Waals surface area contributed by atoms with Gasteiger partial charge in [-0.3, -0.25) is 0 Å². The van der Waals surface area contributed by atoms with Crippen molar-refractivity contribution in [3.63, 3.8) is 0 Å². The Bertz CT molecular complexity index is 205. The van der Waals surface area contributed by atoms with E-state index in [4.69, 9.17) is 0 Å². The average molecular weight is 179 g/mol. The van der Waals surface area contributed by atoms with Crippen LogP contribution < -0.4 is 0 Å². The summed E-state index contributed by atoms with van der Waals surface area (Å²) < 4.78 is 0. The van der Waals surface area contributed by atoms with Crippen molar-refractivity contribution in [3.05, 3.63) is 12.3 Å². The van der Waals surface area contributed by atoms with Crippen molar-refractivity contribution in [2.75, 3.05) is 6.54 Å². The van der Waals surface area contributed by atoms with Crippen molar-refractivity contribution in [2.24, 2.45) is 11.8 Å². The molecule has 13 heavy (non-hydrogen) atoms. The summed E-state index contributed by atoms with van der Waals surface area (Å²) in [6.45, 7) is 10.2. The Morgan fingerprint density at radius 1 is 1.38 bits per heavy atom. The maximum Gasteiger partial charge on any atom is 0.0310 e. The minimum atomic E-state index is 0.785. The lowest BCUT2D eigenvalue weighted by molar-refractivity contribution is 0.270. The van der Waals surface area contributed by atoms with Crippen LogP contribution >= 0.6 is 0 Å². The molecule has 74 valence electrons. The lowest BCUT2D eigenvalue weighted by Gasteiger charge is -2.29. The van der Waals surface area contributed by atoms with Gasteiger partial charge in [-0.05, 0) is 37.5 Å². The van der Waals surface area contributed by atoms with Gasteiger partial charge in [-0.25, -0.2) is 0 Å². The Morgan fingerprint density at radius 2 is 2.08 bits per heavy atom. The van der Waals surface area contributed by atoms with Gasteiger partial charge in [-0.2, -0.15) is 0 Å². The summed E-state index contributed by atoms with van der Waals surface area (Å²) in [5, 5.41) is 0. The average Bonchev–Trinajstić information content (AvgIpc) is 2.89. The van der Waals surface area contributed by atoms with Crippen LogP contribution in [0.5, 0.6) is 0 Å². The maximum atomic E-state index is 4.26. The molecule has 0 aromatic carbocycles. The van der Waals surface area contributed by atoms with Gasteiger partial charge >= 0.3 is 0 Å². The highest BCUT2D eigenvalue weighted by Gasteiger charge is 2.35. The molecule has 0 radical (unpaired) electrons. The molecule has 1 aliphatic carbocycles. The van der Waals surface area contributed by atoms with Gasteiger partial charge in [0.15, 0.2) is 0 Å². The lowest BCUT2D eigenvalue weighted by Crippen LogP contribution is -2.31. The zero-order valence-electron chi connectivity index (χ0n) is 8.92. The summed E-state index contributed by atoms with van der Waals surface area (Å²) in [6, 6.07) is 0.785. The highest BCUT2D eigenvalue weighted by Crippen LogP contribution is 2.41. The quantitative estimate of drug-likeness (QED) is 0.643. The first kappa shape index (κ1) is 9.11. The molecule has 2 rings (SSSR count). The van der Waals surface area contributed by atoms with Gasteiger partial charge in [0.2, 0.25) is 0 Å². The third kappa shape index (κ3) is 1.61. The van der Waals surface area contributed by atoms with Gasteiger partial charge in [-0.1, -0.05) is 20.4 Å². The molecular formula is C12H21N. The normalized spacial score (nSPS) is 33.8. The molecule has 2 aliphatic rings. The van der Waals surface area contributed by atoms with Crippen molar-refractivity contribution in [3.8, 4) is 0 Å². The lowest BCUT2D eigenvalue weighted by atomic mass is 10.0. The summed E-state index contributed by atoms with van der Waals surface area (Å²) in [6.07, 6.45) is 5.43. The molecule has 0 bridgehead atoms. The van der Waals surface area contributed by atoms with E-state index in [9.17, 15) is 0 Å².